The summed E-state index contributed by atoms with van der Waals surface area (Å²) in [4.78, 5) is 0. The Kier molecular flexibility index (Phi) is 29.7. The summed E-state index contributed by atoms with van der Waals surface area (Å²) < 4.78 is 28.0. The van der Waals surface area contributed by atoms with E-state index in [4.69, 9.17) is 23.7 Å². The van der Waals surface area contributed by atoms with Gasteiger partial charge in [-0.05, 0) is 12.8 Å². The van der Waals surface area contributed by atoms with Crippen molar-refractivity contribution in [3.05, 3.63) is 0 Å². The molecule has 35 heavy (non-hydrogen) atoms. The van der Waals surface area contributed by atoms with E-state index in [2.05, 4.69) is 13.8 Å². The minimum Gasteiger partial charge on any atom is -0.394 e. The number of hydrogen-bond acceptors (Lipinski definition) is 7. The molecule has 0 aliphatic carbocycles. The molecule has 2 atom stereocenters. The van der Waals surface area contributed by atoms with E-state index in [9.17, 15) is 10.2 Å². The summed E-state index contributed by atoms with van der Waals surface area (Å²) in [6.07, 6.45) is 16.6. The van der Waals surface area contributed by atoms with E-state index >= 15 is 0 Å². The fraction of sp³-hybridized carbons (Fsp3) is 1.00. The highest BCUT2D eigenvalue weighted by molar-refractivity contribution is 4.58. The van der Waals surface area contributed by atoms with Crippen LogP contribution in [0.3, 0.4) is 0 Å². The van der Waals surface area contributed by atoms with Gasteiger partial charge < -0.3 is 33.9 Å². The van der Waals surface area contributed by atoms with E-state index in [-0.39, 0.29) is 25.4 Å². The van der Waals surface area contributed by atoms with Gasteiger partial charge in [-0.15, -0.1) is 0 Å². The molecule has 0 rings (SSSR count). The number of ether oxygens (including phenoxy) is 5. The summed E-state index contributed by atoms with van der Waals surface area (Å²) in [5.41, 5.74) is 0. The lowest BCUT2D eigenvalue weighted by molar-refractivity contribution is -0.0436. The zero-order chi connectivity index (χ0) is 25.7. The third-order valence-corrected chi connectivity index (χ3v) is 6.07. The molecule has 0 aromatic heterocycles. The number of hydrogen-bond donors (Lipinski definition) is 2. The van der Waals surface area contributed by atoms with Gasteiger partial charge in [0.1, 0.15) is 0 Å². The van der Waals surface area contributed by atoms with Gasteiger partial charge in [0.15, 0.2) is 0 Å². The second-order valence-corrected chi connectivity index (χ2v) is 9.30. The predicted molar refractivity (Wildman–Crippen MR) is 142 cm³/mol. The molecule has 212 valence electrons. The first-order valence-corrected chi connectivity index (χ1v) is 14.5. The second-order valence-electron chi connectivity index (χ2n) is 9.30. The first-order chi connectivity index (χ1) is 17.3. The molecule has 7 heteroatoms. The summed E-state index contributed by atoms with van der Waals surface area (Å²) >= 11 is 0. The van der Waals surface area contributed by atoms with Gasteiger partial charge in [-0.25, -0.2) is 0 Å². The van der Waals surface area contributed by atoms with Crippen molar-refractivity contribution in [3.63, 3.8) is 0 Å². The van der Waals surface area contributed by atoms with Crippen LogP contribution in [0.25, 0.3) is 0 Å². The topological polar surface area (TPSA) is 86.6 Å². The zero-order valence-corrected chi connectivity index (χ0v) is 23.1. The van der Waals surface area contributed by atoms with Crippen molar-refractivity contribution in [2.45, 2.75) is 116 Å². The van der Waals surface area contributed by atoms with Crippen LogP contribution in [0.2, 0.25) is 0 Å². The summed E-state index contributed by atoms with van der Waals surface area (Å²) in [5.74, 6) is 0. The standard InChI is InChI=1S/C28H58O7/c1-3-5-7-9-11-13-15-27(25-29)34-23-21-32-19-17-31-18-20-33-22-24-35-28(26-30)16-14-12-10-8-6-4-2/h27-30H,3-26H2,1-2H3. The smallest absolute Gasteiger partial charge is 0.0806 e. The Hall–Kier alpha value is -0.280. The van der Waals surface area contributed by atoms with Crippen LogP contribution >= 0.6 is 0 Å². The van der Waals surface area contributed by atoms with Crippen molar-refractivity contribution in [2.75, 3.05) is 66.1 Å². The van der Waals surface area contributed by atoms with Crippen LogP contribution in [0, 0.1) is 0 Å². The monoisotopic (exact) mass is 506 g/mol. The minimum atomic E-state index is -0.0784. The molecule has 0 amide bonds. The lowest BCUT2D eigenvalue weighted by atomic mass is 10.1. The molecule has 0 spiro atoms. The van der Waals surface area contributed by atoms with Crippen molar-refractivity contribution < 1.29 is 33.9 Å². The Labute approximate surface area is 216 Å². The molecular formula is C28H58O7. The summed E-state index contributed by atoms with van der Waals surface area (Å²) in [6.45, 7) is 8.69. The first-order valence-electron chi connectivity index (χ1n) is 14.5. The van der Waals surface area contributed by atoms with Crippen molar-refractivity contribution in [3.8, 4) is 0 Å². The van der Waals surface area contributed by atoms with E-state index in [0.29, 0.717) is 52.9 Å². The predicted octanol–water partition coefficient (Wildman–Crippen LogP) is 5.29. The van der Waals surface area contributed by atoms with E-state index < -0.39 is 0 Å². The minimum absolute atomic E-state index is 0.0723. The highest BCUT2D eigenvalue weighted by Crippen LogP contribution is 2.11. The number of aliphatic hydroxyl groups excluding tert-OH is 2. The van der Waals surface area contributed by atoms with Crippen LogP contribution in [-0.2, 0) is 23.7 Å². The third kappa shape index (κ3) is 26.6. The summed E-state index contributed by atoms with van der Waals surface area (Å²) in [7, 11) is 0. The molecule has 0 aromatic rings. The molecule has 2 N–H and O–H groups in total. The third-order valence-electron chi connectivity index (χ3n) is 6.07. The van der Waals surface area contributed by atoms with E-state index in [1.54, 1.807) is 0 Å². The Morgan fingerprint density at radius 1 is 0.429 bits per heavy atom. The molecule has 0 radical (unpaired) electrons. The van der Waals surface area contributed by atoms with Crippen LogP contribution in [0.4, 0.5) is 0 Å². The lowest BCUT2D eigenvalue weighted by Gasteiger charge is -2.16. The van der Waals surface area contributed by atoms with Crippen LogP contribution in [0.15, 0.2) is 0 Å². The maximum absolute atomic E-state index is 9.43. The first kappa shape index (κ1) is 34.7. The Morgan fingerprint density at radius 2 is 0.743 bits per heavy atom. The largest absolute Gasteiger partial charge is 0.394 e. The van der Waals surface area contributed by atoms with E-state index in [1.165, 1.54) is 64.2 Å². The molecule has 0 aliphatic heterocycles. The van der Waals surface area contributed by atoms with Gasteiger partial charge in [0.2, 0.25) is 0 Å². The molecule has 0 heterocycles. The molecule has 0 aromatic carbocycles. The normalized spacial score (nSPS) is 13.4. The van der Waals surface area contributed by atoms with Gasteiger partial charge >= 0.3 is 0 Å². The van der Waals surface area contributed by atoms with Crippen LogP contribution in [0.1, 0.15) is 104 Å². The summed E-state index contributed by atoms with van der Waals surface area (Å²) in [5, 5.41) is 18.9. The van der Waals surface area contributed by atoms with Crippen molar-refractivity contribution in [2.24, 2.45) is 0 Å². The van der Waals surface area contributed by atoms with Gasteiger partial charge in [-0.2, -0.15) is 0 Å². The lowest BCUT2D eigenvalue weighted by Crippen LogP contribution is -2.21. The maximum Gasteiger partial charge on any atom is 0.0806 e. The van der Waals surface area contributed by atoms with Crippen molar-refractivity contribution in [1.29, 1.82) is 0 Å². The van der Waals surface area contributed by atoms with Gasteiger partial charge in [-0.1, -0.05) is 90.9 Å². The number of aliphatic hydroxyl groups is 2. The second kappa shape index (κ2) is 29.9. The number of unbranched alkanes of at least 4 members (excludes halogenated alkanes) is 10. The highest BCUT2D eigenvalue weighted by atomic mass is 16.6. The van der Waals surface area contributed by atoms with Gasteiger partial charge in [0, 0.05) is 0 Å². The Balaban J connectivity index is 3.36. The molecule has 0 fully saturated rings. The molecule has 2 unspecified atom stereocenters. The SMILES string of the molecule is CCCCCCCCC(CO)OCCOCCOCCOCCOC(CO)CCCCCCCC. The molecule has 0 bridgehead atoms. The molecule has 0 saturated carbocycles. The fourth-order valence-corrected chi connectivity index (χ4v) is 3.85. The quantitative estimate of drug-likeness (QED) is 0.128. The average Bonchev–Trinajstić information content (AvgIpc) is 2.88. The Bertz CT molecular complexity index is 350. The van der Waals surface area contributed by atoms with Crippen LogP contribution in [0.5, 0.6) is 0 Å². The maximum atomic E-state index is 9.43. The van der Waals surface area contributed by atoms with Crippen molar-refractivity contribution >= 4 is 0 Å². The van der Waals surface area contributed by atoms with Crippen LogP contribution < -0.4 is 0 Å². The van der Waals surface area contributed by atoms with Crippen LogP contribution in [-0.4, -0.2) is 88.5 Å². The van der Waals surface area contributed by atoms with Gasteiger partial charge in [0.25, 0.3) is 0 Å². The summed E-state index contributed by atoms with van der Waals surface area (Å²) in [6, 6.07) is 0. The number of rotatable bonds is 30. The molecular weight excluding hydrogens is 448 g/mol. The average molecular weight is 507 g/mol. The highest BCUT2D eigenvalue weighted by Gasteiger charge is 2.08. The van der Waals surface area contributed by atoms with Gasteiger partial charge in [-0.3, -0.25) is 0 Å². The van der Waals surface area contributed by atoms with E-state index in [1.807, 2.05) is 0 Å². The van der Waals surface area contributed by atoms with Crippen molar-refractivity contribution in [1.82, 2.24) is 0 Å². The molecule has 7 nitrogen and oxygen atoms in total. The zero-order valence-electron chi connectivity index (χ0n) is 23.1. The molecule has 0 aliphatic rings. The fourth-order valence-electron chi connectivity index (χ4n) is 3.85. The Morgan fingerprint density at radius 3 is 1.09 bits per heavy atom. The molecule has 0 saturated heterocycles. The van der Waals surface area contributed by atoms with Gasteiger partial charge in [0.05, 0.1) is 78.3 Å². The van der Waals surface area contributed by atoms with E-state index in [0.717, 1.165) is 25.7 Å².